The van der Waals surface area contributed by atoms with Crippen molar-refractivity contribution >= 4 is 0 Å². The van der Waals surface area contributed by atoms with Gasteiger partial charge in [-0.25, -0.2) is 0 Å². The average Bonchev–Trinajstić information content (AvgIpc) is 2.52. The van der Waals surface area contributed by atoms with Crippen molar-refractivity contribution in [2.75, 3.05) is 26.3 Å². The quantitative estimate of drug-likeness (QED) is 0.517. The lowest BCUT2D eigenvalue weighted by Crippen LogP contribution is -2.32. The molecule has 1 unspecified atom stereocenters. The van der Waals surface area contributed by atoms with Gasteiger partial charge in [-0.05, 0) is 43.5 Å². The molecule has 1 aromatic rings. The summed E-state index contributed by atoms with van der Waals surface area (Å²) in [6.45, 7) is 4.15. The topological polar surface area (TPSA) is 61.7 Å². The summed E-state index contributed by atoms with van der Waals surface area (Å²) in [5.41, 5.74) is 1.28. The third-order valence-corrected chi connectivity index (χ3v) is 3.42. The van der Waals surface area contributed by atoms with E-state index in [1.807, 2.05) is 24.3 Å². The first-order chi connectivity index (χ1) is 10.3. The summed E-state index contributed by atoms with van der Waals surface area (Å²) in [7, 11) is 0. The molecule has 1 rings (SSSR count). The number of aliphatic hydroxyl groups is 2. The number of aryl methyl sites for hydroxylation is 1. The van der Waals surface area contributed by atoms with Crippen molar-refractivity contribution in [3.05, 3.63) is 29.8 Å². The Morgan fingerprint density at radius 2 is 1.81 bits per heavy atom. The van der Waals surface area contributed by atoms with Crippen LogP contribution in [0.1, 0.15) is 38.2 Å². The van der Waals surface area contributed by atoms with E-state index in [1.165, 1.54) is 5.56 Å². The van der Waals surface area contributed by atoms with Crippen LogP contribution in [0.15, 0.2) is 24.3 Å². The van der Waals surface area contributed by atoms with Gasteiger partial charge in [0.2, 0.25) is 0 Å². The number of unbranched alkanes of at least 4 members (excludes halogenated alkanes) is 3. The van der Waals surface area contributed by atoms with Gasteiger partial charge in [0, 0.05) is 13.2 Å². The van der Waals surface area contributed by atoms with Gasteiger partial charge >= 0.3 is 0 Å². The first kappa shape index (κ1) is 18.0. The molecule has 4 heteroatoms. The van der Waals surface area contributed by atoms with E-state index in [2.05, 4.69) is 12.2 Å². The van der Waals surface area contributed by atoms with Crippen LogP contribution in [-0.4, -0.2) is 42.6 Å². The van der Waals surface area contributed by atoms with Gasteiger partial charge in [-0.1, -0.05) is 31.9 Å². The molecule has 0 aliphatic rings. The maximum atomic E-state index is 9.83. The summed E-state index contributed by atoms with van der Waals surface area (Å²) in [4.78, 5) is 0. The van der Waals surface area contributed by atoms with Gasteiger partial charge in [-0.3, -0.25) is 0 Å². The first-order valence-electron chi connectivity index (χ1n) is 7.97. The second-order valence-corrected chi connectivity index (χ2v) is 5.30. The lowest BCUT2D eigenvalue weighted by Gasteiger charge is -2.13. The van der Waals surface area contributed by atoms with Gasteiger partial charge < -0.3 is 20.3 Å². The van der Waals surface area contributed by atoms with Gasteiger partial charge in [-0.2, -0.15) is 0 Å². The average molecular weight is 295 g/mol. The summed E-state index contributed by atoms with van der Waals surface area (Å²) in [6, 6.07) is 7.99. The van der Waals surface area contributed by atoms with Crippen LogP contribution in [0, 0.1) is 0 Å². The van der Waals surface area contributed by atoms with E-state index in [9.17, 15) is 5.11 Å². The van der Waals surface area contributed by atoms with Gasteiger partial charge in [0.25, 0.3) is 0 Å². The number of hydrogen-bond acceptors (Lipinski definition) is 4. The Balaban J connectivity index is 2.03. The Labute approximate surface area is 128 Å². The van der Waals surface area contributed by atoms with Crippen LogP contribution in [0.25, 0.3) is 0 Å². The minimum atomic E-state index is -0.492. The van der Waals surface area contributed by atoms with E-state index in [0.29, 0.717) is 13.2 Å². The SMILES string of the molecule is CCc1ccc(OCC(O)CNCCCCCCO)cc1. The zero-order chi connectivity index (χ0) is 15.3. The third-order valence-electron chi connectivity index (χ3n) is 3.42. The molecule has 0 aromatic heterocycles. The predicted molar refractivity (Wildman–Crippen MR) is 85.7 cm³/mol. The van der Waals surface area contributed by atoms with E-state index < -0.39 is 6.10 Å². The number of ether oxygens (including phenoxy) is 1. The lowest BCUT2D eigenvalue weighted by molar-refractivity contribution is 0.106. The van der Waals surface area contributed by atoms with Gasteiger partial charge in [0.1, 0.15) is 18.5 Å². The number of benzene rings is 1. The molecule has 0 spiro atoms. The zero-order valence-corrected chi connectivity index (χ0v) is 13.1. The van der Waals surface area contributed by atoms with Crippen molar-refractivity contribution in [2.24, 2.45) is 0 Å². The highest BCUT2D eigenvalue weighted by atomic mass is 16.5. The summed E-state index contributed by atoms with van der Waals surface area (Å²) in [5, 5.41) is 21.7. The van der Waals surface area contributed by atoms with E-state index >= 15 is 0 Å². The summed E-state index contributed by atoms with van der Waals surface area (Å²) < 4.78 is 5.56. The van der Waals surface area contributed by atoms with Crippen molar-refractivity contribution in [3.63, 3.8) is 0 Å². The molecule has 4 nitrogen and oxygen atoms in total. The van der Waals surface area contributed by atoms with Crippen LogP contribution >= 0.6 is 0 Å². The van der Waals surface area contributed by atoms with Crippen molar-refractivity contribution in [1.82, 2.24) is 5.32 Å². The van der Waals surface area contributed by atoms with E-state index in [-0.39, 0.29) is 6.61 Å². The fraction of sp³-hybridized carbons (Fsp3) is 0.647. The summed E-state index contributed by atoms with van der Waals surface area (Å²) >= 11 is 0. The number of hydrogen-bond donors (Lipinski definition) is 3. The smallest absolute Gasteiger partial charge is 0.119 e. The molecule has 0 amide bonds. The molecule has 0 saturated heterocycles. The molecule has 0 radical (unpaired) electrons. The first-order valence-corrected chi connectivity index (χ1v) is 7.97. The molecule has 0 aliphatic heterocycles. The maximum absolute atomic E-state index is 9.83. The zero-order valence-electron chi connectivity index (χ0n) is 13.1. The van der Waals surface area contributed by atoms with E-state index in [4.69, 9.17) is 9.84 Å². The molecule has 21 heavy (non-hydrogen) atoms. The molecule has 0 fully saturated rings. The Hall–Kier alpha value is -1.10. The van der Waals surface area contributed by atoms with Crippen LogP contribution in [0.5, 0.6) is 5.75 Å². The molecule has 0 saturated carbocycles. The second-order valence-electron chi connectivity index (χ2n) is 5.30. The molecule has 0 aliphatic carbocycles. The van der Waals surface area contributed by atoms with Crippen LogP contribution < -0.4 is 10.1 Å². The highest BCUT2D eigenvalue weighted by molar-refractivity contribution is 5.27. The third kappa shape index (κ3) is 8.71. The van der Waals surface area contributed by atoms with Crippen LogP contribution in [0.2, 0.25) is 0 Å². The highest BCUT2D eigenvalue weighted by Crippen LogP contribution is 2.12. The fourth-order valence-corrected chi connectivity index (χ4v) is 2.06. The van der Waals surface area contributed by atoms with Gasteiger partial charge in [0.05, 0.1) is 0 Å². The van der Waals surface area contributed by atoms with Gasteiger partial charge in [0.15, 0.2) is 0 Å². The van der Waals surface area contributed by atoms with Crippen molar-refractivity contribution < 1.29 is 14.9 Å². The summed E-state index contributed by atoms with van der Waals surface area (Å²) in [5.74, 6) is 0.801. The highest BCUT2D eigenvalue weighted by Gasteiger charge is 2.04. The number of rotatable bonds is 12. The van der Waals surface area contributed by atoms with E-state index in [0.717, 1.165) is 44.4 Å². The van der Waals surface area contributed by atoms with Crippen LogP contribution in [-0.2, 0) is 6.42 Å². The Morgan fingerprint density at radius 3 is 2.48 bits per heavy atom. The monoisotopic (exact) mass is 295 g/mol. The lowest BCUT2D eigenvalue weighted by atomic mass is 10.2. The molecule has 1 aromatic carbocycles. The molecule has 0 heterocycles. The largest absolute Gasteiger partial charge is 0.491 e. The van der Waals surface area contributed by atoms with Gasteiger partial charge in [-0.15, -0.1) is 0 Å². The van der Waals surface area contributed by atoms with Crippen LogP contribution in [0.4, 0.5) is 0 Å². The molecule has 1 atom stereocenters. The number of aliphatic hydroxyl groups excluding tert-OH is 2. The normalized spacial score (nSPS) is 12.3. The van der Waals surface area contributed by atoms with Crippen molar-refractivity contribution in [1.29, 1.82) is 0 Å². The van der Waals surface area contributed by atoms with Crippen molar-refractivity contribution in [2.45, 2.75) is 45.1 Å². The maximum Gasteiger partial charge on any atom is 0.119 e. The fourth-order valence-electron chi connectivity index (χ4n) is 2.06. The predicted octanol–water partition coefficient (Wildman–Crippen LogP) is 2.13. The van der Waals surface area contributed by atoms with Crippen LogP contribution in [0.3, 0.4) is 0 Å². The molecule has 0 bridgehead atoms. The molecular formula is C17H29NO3. The minimum Gasteiger partial charge on any atom is -0.491 e. The minimum absolute atomic E-state index is 0.280. The number of nitrogens with one attached hydrogen (secondary N) is 1. The van der Waals surface area contributed by atoms with Crippen molar-refractivity contribution in [3.8, 4) is 5.75 Å². The molecule has 3 N–H and O–H groups in total. The second kappa shape index (κ2) is 11.5. The Bertz CT molecular complexity index is 354. The Kier molecular flexibility index (Phi) is 9.87. The summed E-state index contributed by atoms with van der Waals surface area (Å²) in [6.07, 6.45) is 4.67. The Morgan fingerprint density at radius 1 is 1.10 bits per heavy atom. The standard InChI is InChI=1S/C17H29NO3/c1-2-15-7-9-17(10-8-15)21-14-16(20)13-18-11-5-3-4-6-12-19/h7-10,16,18-20H,2-6,11-14H2,1H3. The van der Waals surface area contributed by atoms with E-state index in [1.54, 1.807) is 0 Å². The molecule has 120 valence electrons. The molecular weight excluding hydrogens is 266 g/mol.